The van der Waals surface area contributed by atoms with E-state index in [0.29, 0.717) is 0 Å². The number of ether oxygens (including phenoxy) is 10. The Labute approximate surface area is 258 Å². The summed E-state index contributed by atoms with van der Waals surface area (Å²) in [4.78, 5) is 84.2. The number of nitrogens with one attached hydrogen (secondary N) is 1. The maximum Gasteiger partial charge on any atom is 0.303 e. The van der Waals surface area contributed by atoms with Gasteiger partial charge in [-0.3, -0.25) is 33.6 Å². The van der Waals surface area contributed by atoms with Gasteiger partial charge < -0.3 is 52.7 Å². The molecular weight excluding hydrogens is 610 g/mol. The van der Waals surface area contributed by atoms with Gasteiger partial charge in [0.15, 0.2) is 37.0 Å². The minimum absolute atomic E-state index is 0.484. The van der Waals surface area contributed by atoms with Crippen LogP contribution >= 0.6 is 0 Å². The molecule has 18 nitrogen and oxygen atoms in total. The van der Waals surface area contributed by atoms with Crippen LogP contribution in [0, 0.1) is 0 Å². The molecule has 1 N–H and O–H groups in total. The van der Waals surface area contributed by atoms with Crippen LogP contribution in [0.2, 0.25) is 0 Å². The molecule has 0 aromatic heterocycles. The Balaban J connectivity index is 2.69. The van der Waals surface area contributed by atoms with Gasteiger partial charge in [-0.05, 0) is 0 Å². The van der Waals surface area contributed by atoms with E-state index < -0.39 is 116 Å². The summed E-state index contributed by atoms with van der Waals surface area (Å²) in [5.74, 6) is -5.38. The van der Waals surface area contributed by atoms with E-state index in [9.17, 15) is 33.6 Å². The number of amides is 1. The first-order valence-corrected chi connectivity index (χ1v) is 13.8. The zero-order valence-corrected chi connectivity index (χ0v) is 26.1. The predicted octanol–water partition coefficient (Wildman–Crippen LogP) is -1.17. The van der Waals surface area contributed by atoms with Crippen LogP contribution in [0.3, 0.4) is 0 Å². The summed E-state index contributed by atoms with van der Waals surface area (Å²) < 4.78 is 55.5. The van der Waals surface area contributed by atoms with Gasteiger partial charge in [0.1, 0.15) is 37.6 Å². The molecule has 0 spiro atoms. The summed E-state index contributed by atoms with van der Waals surface area (Å²) in [6.45, 7) is 6.69. The molecule has 10 atom stereocenters. The highest BCUT2D eigenvalue weighted by Crippen LogP contribution is 2.34. The summed E-state index contributed by atoms with van der Waals surface area (Å²) >= 11 is 0. The van der Waals surface area contributed by atoms with Crippen molar-refractivity contribution in [2.75, 3.05) is 20.3 Å². The molecule has 2 saturated heterocycles. The molecule has 1 amide bonds. The van der Waals surface area contributed by atoms with Crippen molar-refractivity contribution in [3.8, 4) is 0 Å². The lowest BCUT2D eigenvalue weighted by atomic mass is 9.94. The average molecular weight is 650 g/mol. The van der Waals surface area contributed by atoms with Crippen LogP contribution in [-0.4, -0.2) is 123 Å². The third-order valence-electron chi connectivity index (χ3n) is 6.24. The van der Waals surface area contributed by atoms with Crippen molar-refractivity contribution >= 4 is 41.7 Å². The number of rotatable bonds is 12. The smallest absolute Gasteiger partial charge is 0.303 e. The average Bonchev–Trinajstić information content (AvgIpc) is 2.90. The largest absolute Gasteiger partial charge is 0.463 e. The van der Waals surface area contributed by atoms with Gasteiger partial charge in [0.2, 0.25) is 5.91 Å². The second-order valence-electron chi connectivity index (χ2n) is 10.0. The lowest BCUT2D eigenvalue weighted by Crippen LogP contribution is -2.69. The fourth-order valence-corrected chi connectivity index (χ4v) is 4.77. The van der Waals surface area contributed by atoms with Crippen LogP contribution < -0.4 is 5.32 Å². The third kappa shape index (κ3) is 11.2. The minimum Gasteiger partial charge on any atom is -0.463 e. The first kappa shape index (κ1) is 37.3. The molecule has 2 aliphatic heterocycles. The molecule has 2 rings (SSSR count). The summed E-state index contributed by atoms with van der Waals surface area (Å²) in [6, 6.07) is -1.41. The molecule has 0 aromatic carbocycles. The summed E-state index contributed by atoms with van der Waals surface area (Å²) in [7, 11) is 1.23. The second-order valence-corrected chi connectivity index (χ2v) is 10.0. The van der Waals surface area contributed by atoms with Crippen LogP contribution in [-0.2, 0) is 80.9 Å². The Hall–Kier alpha value is -3.87. The second kappa shape index (κ2) is 17.0. The lowest BCUT2D eigenvalue weighted by molar-refractivity contribution is -0.346. The number of hydrogen-bond donors (Lipinski definition) is 1. The molecule has 18 heteroatoms. The van der Waals surface area contributed by atoms with Crippen molar-refractivity contribution in [2.24, 2.45) is 0 Å². The Morgan fingerprint density at radius 1 is 0.533 bits per heavy atom. The molecule has 45 heavy (non-hydrogen) atoms. The SMILES string of the molecule is CO[C@H]1O[C@H](COC(C)=O)[C@H](O[C@@H]2O[C@H](COC(C)=O)[C@H](OC(C)=O)[C@@H](OC(C)=O)[C@H]2NC(C)=O)[C@H](OC(C)=O)[C@H]1OC(C)=O. The van der Waals surface area contributed by atoms with Gasteiger partial charge in [0.25, 0.3) is 0 Å². The number of hydrogen-bond acceptors (Lipinski definition) is 17. The fraction of sp³-hybridized carbons (Fsp3) is 0.741. The zero-order chi connectivity index (χ0) is 34.0. The molecule has 0 radical (unpaired) electrons. The first-order valence-electron chi connectivity index (χ1n) is 13.8. The molecule has 0 bridgehead atoms. The minimum atomic E-state index is -1.64. The van der Waals surface area contributed by atoms with Crippen LogP contribution in [0.5, 0.6) is 0 Å². The molecule has 0 saturated carbocycles. The molecular formula is C27H39NO17. The molecule has 0 aromatic rings. The van der Waals surface area contributed by atoms with Gasteiger partial charge in [-0.2, -0.15) is 0 Å². The van der Waals surface area contributed by atoms with Crippen molar-refractivity contribution in [2.45, 2.75) is 110 Å². The quantitative estimate of drug-likeness (QED) is 0.194. The highest BCUT2D eigenvalue weighted by molar-refractivity contribution is 5.74. The summed E-state index contributed by atoms with van der Waals surface area (Å²) in [5, 5.41) is 2.54. The van der Waals surface area contributed by atoms with Crippen molar-refractivity contribution in [1.29, 1.82) is 0 Å². The molecule has 0 unspecified atom stereocenters. The van der Waals surface area contributed by atoms with E-state index in [0.717, 1.165) is 48.5 Å². The zero-order valence-electron chi connectivity index (χ0n) is 26.1. The maximum atomic E-state index is 12.3. The van der Waals surface area contributed by atoms with Gasteiger partial charge in [0.05, 0.1) is 0 Å². The van der Waals surface area contributed by atoms with Crippen molar-refractivity contribution in [3.63, 3.8) is 0 Å². The summed E-state index contributed by atoms with van der Waals surface area (Å²) in [5.41, 5.74) is 0. The number of esters is 6. The Bertz CT molecular complexity index is 1110. The van der Waals surface area contributed by atoms with E-state index in [1.165, 1.54) is 7.11 Å². The summed E-state index contributed by atoms with van der Waals surface area (Å²) in [6.07, 6.45) is -12.9. The highest BCUT2D eigenvalue weighted by atomic mass is 16.8. The standard InChI is InChI=1S/C27H39NO17/c1-11(29)28-20-23(40-15(5)33)21(39-14(4)32)18(9-37-12(2)30)43-26(20)45-22-19(10-38-13(3)31)44-27(36-8)25(42-17(7)35)24(22)41-16(6)34/h18-27H,9-10H2,1-8H3,(H,28,29)/t18-,19-,20-,21+,22+,23+,24+,25-,26+,27+/m1/s1. The maximum absolute atomic E-state index is 12.3. The van der Waals surface area contributed by atoms with Gasteiger partial charge in [0, 0.05) is 55.6 Å². The highest BCUT2D eigenvalue weighted by Gasteiger charge is 2.56. The molecule has 2 heterocycles. The van der Waals surface area contributed by atoms with Crippen molar-refractivity contribution < 1.29 is 80.9 Å². The van der Waals surface area contributed by atoms with Crippen LogP contribution in [0.15, 0.2) is 0 Å². The van der Waals surface area contributed by atoms with Gasteiger partial charge in [-0.25, -0.2) is 0 Å². The fourth-order valence-electron chi connectivity index (χ4n) is 4.77. The van der Waals surface area contributed by atoms with E-state index >= 15 is 0 Å². The third-order valence-corrected chi connectivity index (χ3v) is 6.24. The van der Waals surface area contributed by atoms with E-state index in [1.54, 1.807) is 0 Å². The van der Waals surface area contributed by atoms with Crippen LogP contribution in [0.4, 0.5) is 0 Å². The van der Waals surface area contributed by atoms with Crippen LogP contribution in [0.25, 0.3) is 0 Å². The Morgan fingerprint density at radius 2 is 0.956 bits per heavy atom. The predicted molar refractivity (Wildman–Crippen MR) is 142 cm³/mol. The molecule has 254 valence electrons. The van der Waals surface area contributed by atoms with Gasteiger partial charge in [-0.1, -0.05) is 0 Å². The van der Waals surface area contributed by atoms with Crippen molar-refractivity contribution in [3.05, 3.63) is 0 Å². The Kier molecular flexibility index (Phi) is 14.1. The molecule has 0 aliphatic carbocycles. The van der Waals surface area contributed by atoms with Crippen LogP contribution in [0.1, 0.15) is 48.5 Å². The number of carbonyl (C=O) groups is 7. The lowest BCUT2D eigenvalue weighted by Gasteiger charge is -2.49. The van der Waals surface area contributed by atoms with E-state index in [2.05, 4.69) is 5.32 Å². The van der Waals surface area contributed by atoms with E-state index in [4.69, 9.17) is 47.4 Å². The van der Waals surface area contributed by atoms with Crippen molar-refractivity contribution in [1.82, 2.24) is 5.32 Å². The van der Waals surface area contributed by atoms with Gasteiger partial charge >= 0.3 is 35.8 Å². The first-order chi connectivity index (χ1) is 21.0. The van der Waals surface area contributed by atoms with E-state index in [1.807, 2.05) is 0 Å². The van der Waals surface area contributed by atoms with Gasteiger partial charge in [-0.15, -0.1) is 0 Å². The molecule has 2 aliphatic rings. The Morgan fingerprint density at radius 3 is 1.40 bits per heavy atom. The van der Waals surface area contributed by atoms with E-state index in [-0.39, 0.29) is 0 Å². The number of methoxy groups -OCH3 is 1. The topological polar surface area (TPSA) is 224 Å². The number of carbonyl (C=O) groups excluding carboxylic acids is 7. The normalized spacial score (nSPS) is 31.0. The molecule has 2 fully saturated rings. The monoisotopic (exact) mass is 649 g/mol.